The summed E-state index contributed by atoms with van der Waals surface area (Å²) in [5, 5.41) is 0. The monoisotopic (exact) mass is 324 g/mol. The summed E-state index contributed by atoms with van der Waals surface area (Å²) in [5.74, 6) is -0.0971. The highest BCUT2D eigenvalue weighted by Gasteiger charge is 2.30. The minimum atomic E-state index is -4.38. The van der Waals surface area contributed by atoms with Gasteiger partial charge in [-0.3, -0.25) is 0 Å². The second-order valence-corrected chi connectivity index (χ2v) is 4.71. The van der Waals surface area contributed by atoms with E-state index in [-0.39, 0.29) is 6.61 Å². The Morgan fingerprint density at radius 2 is 1.74 bits per heavy atom. The molecule has 122 valence electrons. The minimum absolute atomic E-state index is 0.252. The van der Waals surface area contributed by atoms with Crippen LogP contribution in [-0.2, 0) is 10.9 Å². The Morgan fingerprint density at radius 1 is 1.09 bits per heavy atom. The first-order valence-corrected chi connectivity index (χ1v) is 6.89. The number of hydrogen-bond acceptors (Lipinski definition) is 3. The highest BCUT2D eigenvalue weighted by molar-refractivity contribution is 5.91. The summed E-state index contributed by atoms with van der Waals surface area (Å²) in [7, 11) is 1.43. The fraction of sp³-hybridized carbons (Fsp3) is 0.235. The molecule has 23 heavy (non-hydrogen) atoms. The zero-order valence-corrected chi connectivity index (χ0v) is 12.6. The number of carbonyl (C=O) groups excluding carboxylic acids is 1. The zero-order chi connectivity index (χ0) is 17.0. The molecule has 0 saturated carbocycles. The average Bonchev–Trinajstić information content (AvgIpc) is 2.53. The molecule has 0 amide bonds. The van der Waals surface area contributed by atoms with Gasteiger partial charge in [-0.05, 0) is 42.8 Å². The van der Waals surface area contributed by atoms with Crippen LogP contribution in [0.25, 0.3) is 11.1 Å². The lowest BCUT2D eigenvalue weighted by atomic mass is 10.0. The van der Waals surface area contributed by atoms with Crippen molar-refractivity contribution >= 4 is 5.97 Å². The summed E-state index contributed by atoms with van der Waals surface area (Å²) in [6.45, 7) is 1.95. The van der Waals surface area contributed by atoms with Crippen molar-refractivity contribution in [2.45, 2.75) is 13.1 Å². The van der Waals surface area contributed by atoms with Crippen LogP contribution in [0, 0.1) is 0 Å². The molecule has 2 rings (SSSR count). The molecule has 0 radical (unpaired) electrons. The van der Waals surface area contributed by atoms with Crippen LogP contribution >= 0.6 is 0 Å². The van der Waals surface area contributed by atoms with Crippen molar-refractivity contribution in [3.05, 3.63) is 53.6 Å². The van der Waals surface area contributed by atoms with Gasteiger partial charge < -0.3 is 9.47 Å². The van der Waals surface area contributed by atoms with Crippen LogP contribution < -0.4 is 4.74 Å². The van der Waals surface area contributed by atoms with Gasteiger partial charge in [0.1, 0.15) is 5.75 Å². The number of ether oxygens (including phenoxy) is 2. The van der Waals surface area contributed by atoms with Gasteiger partial charge in [0, 0.05) is 5.56 Å². The second-order valence-electron chi connectivity index (χ2n) is 4.71. The smallest absolute Gasteiger partial charge is 0.416 e. The van der Waals surface area contributed by atoms with Crippen LogP contribution in [0.5, 0.6) is 5.75 Å². The molecule has 3 nitrogen and oxygen atoms in total. The molecule has 0 spiro atoms. The highest BCUT2D eigenvalue weighted by Crippen LogP contribution is 2.34. The van der Waals surface area contributed by atoms with E-state index in [1.54, 1.807) is 19.1 Å². The molecule has 2 aromatic rings. The lowest BCUT2D eigenvalue weighted by Gasteiger charge is -2.12. The van der Waals surface area contributed by atoms with Crippen molar-refractivity contribution in [2.75, 3.05) is 13.7 Å². The number of methoxy groups -OCH3 is 1. The van der Waals surface area contributed by atoms with Crippen molar-refractivity contribution in [1.82, 2.24) is 0 Å². The third-order valence-electron chi connectivity index (χ3n) is 3.24. The Balaban J connectivity index is 2.37. The van der Waals surface area contributed by atoms with Gasteiger partial charge in [0.2, 0.25) is 0 Å². The van der Waals surface area contributed by atoms with Crippen molar-refractivity contribution in [2.24, 2.45) is 0 Å². The molecule has 0 N–H and O–H groups in total. The van der Waals surface area contributed by atoms with Crippen LogP contribution in [0.1, 0.15) is 22.8 Å². The average molecular weight is 324 g/mol. The fourth-order valence-corrected chi connectivity index (χ4v) is 2.11. The predicted molar refractivity (Wildman–Crippen MR) is 79.4 cm³/mol. The summed E-state index contributed by atoms with van der Waals surface area (Å²) in [4.78, 5) is 11.7. The number of rotatable bonds is 4. The molecule has 2 aromatic carbocycles. The van der Waals surface area contributed by atoms with Gasteiger partial charge in [-0.15, -0.1) is 0 Å². The predicted octanol–water partition coefficient (Wildman–Crippen LogP) is 4.56. The molecule has 0 unspecified atom stereocenters. The summed E-state index contributed by atoms with van der Waals surface area (Å²) in [6, 6.07) is 9.42. The first kappa shape index (κ1) is 16.9. The molecule has 0 bridgehead atoms. The van der Waals surface area contributed by atoms with Gasteiger partial charge in [-0.25, -0.2) is 4.79 Å². The summed E-state index contributed by atoms with van der Waals surface area (Å²) in [6.07, 6.45) is -4.38. The van der Waals surface area contributed by atoms with E-state index in [9.17, 15) is 18.0 Å². The number of esters is 1. The van der Waals surface area contributed by atoms with E-state index in [1.165, 1.54) is 25.3 Å². The molecule has 0 aliphatic carbocycles. The molecule has 0 aliphatic rings. The van der Waals surface area contributed by atoms with Gasteiger partial charge in [-0.1, -0.05) is 12.1 Å². The molecule has 0 atom stereocenters. The summed E-state index contributed by atoms with van der Waals surface area (Å²) in [5.41, 5.74) is 0.752. The standard InChI is InChI=1S/C17H15F3O3/c1-3-23-16(21)12-6-9-14(15(10-12)22-2)11-4-7-13(8-5-11)17(18,19)20/h4-10H,3H2,1-2H3. The summed E-state index contributed by atoms with van der Waals surface area (Å²) >= 11 is 0. The van der Waals surface area contributed by atoms with Gasteiger partial charge in [-0.2, -0.15) is 13.2 Å². The maximum Gasteiger partial charge on any atom is 0.416 e. The third kappa shape index (κ3) is 3.83. The molecule has 0 aromatic heterocycles. The van der Waals surface area contributed by atoms with Gasteiger partial charge in [0.25, 0.3) is 0 Å². The number of hydrogen-bond donors (Lipinski definition) is 0. The van der Waals surface area contributed by atoms with Crippen molar-refractivity contribution < 1.29 is 27.4 Å². The Labute approximate surface area is 131 Å². The molecular formula is C17H15F3O3. The van der Waals surface area contributed by atoms with Crippen molar-refractivity contribution in [3.8, 4) is 16.9 Å². The lowest BCUT2D eigenvalue weighted by Crippen LogP contribution is -2.05. The number of halogens is 3. The van der Waals surface area contributed by atoms with Crippen LogP contribution in [-0.4, -0.2) is 19.7 Å². The quantitative estimate of drug-likeness (QED) is 0.774. The minimum Gasteiger partial charge on any atom is -0.496 e. The van der Waals surface area contributed by atoms with E-state index in [4.69, 9.17) is 9.47 Å². The molecule has 6 heteroatoms. The molecule has 0 aliphatic heterocycles. The second kappa shape index (κ2) is 6.73. The van der Waals surface area contributed by atoms with Crippen LogP contribution in [0.4, 0.5) is 13.2 Å². The Hall–Kier alpha value is -2.50. The van der Waals surface area contributed by atoms with Gasteiger partial charge >= 0.3 is 12.1 Å². The molecule has 0 fully saturated rings. The third-order valence-corrected chi connectivity index (χ3v) is 3.24. The topological polar surface area (TPSA) is 35.5 Å². The molecule has 0 heterocycles. The molecular weight excluding hydrogens is 309 g/mol. The van der Waals surface area contributed by atoms with Crippen LogP contribution in [0.3, 0.4) is 0 Å². The first-order valence-electron chi connectivity index (χ1n) is 6.89. The fourth-order valence-electron chi connectivity index (χ4n) is 2.11. The SMILES string of the molecule is CCOC(=O)c1ccc(-c2ccc(C(F)(F)F)cc2)c(OC)c1. The van der Waals surface area contributed by atoms with E-state index in [2.05, 4.69) is 0 Å². The van der Waals surface area contributed by atoms with E-state index in [0.29, 0.717) is 22.4 Å². The van der Waals surface area contributed by atoms with Crippen LogP contribution in [0.2, 0.25) is 0 Å². The van der Waals surface area contributed by atoms with Crippen molar-refractivity contribution in [3.63, 3.8) is 0 Å². The summed E-state index contributed by atoms with van der Waals surface area (Å²) < 4.78 is 48.0. The number of alkyl halides is 3. The van der Waals surface area contributed by atoms with E-state index in [0.717, 1.165) is 12.1 Å². The van der Waals surface area contributed by atoms with Crippen molar-refractivity contribution in [1.29, 1.82) is 0 Å². The van der Waals surface area contributed by atoms with E-state index < -0.39 is 17.7 Å². The normalized spacial score (nSPS) is 11.2. The highest BCUT2D eigenvalue weighted by atomic mass is 19.4. The zero-order valence-electron chi connectivity index (χ0n) is 12.6. The Kier molecular flexibility index (Phi) is 4.93. The maximum atomic E-state index is 12.6. The van der Waals surface area contributed by atoms with Crippen LogP contribution in [0.15, 0.2) is 42.5 Å². The number of benzene rings is 2. The van der Waals surface area contributed by atoms with E-state index >= 15 is 0 Å². The maximum absolute atomic E-state index is 12.6. The number of carbonyl (C=O) groups is 1. The molecule has 0 saturated heterocycles. The van der Waals surface area contributed by atoms with Gasteiger partial charge in [0.05, 0.1) is 24.8 Å². The first-order chi connectivity index (χ1) is 10.9. The van der Waals surface area contributed by atoms with E-state index in [1.807, 2.05) is 0 Å². The Bertz CT molecular complexity index is 691. The Morgan fingerprint density at radius 3 is 2.26 bits per heavy atom. The largest absolute Gasteiger partial charge is 0.496 e. The lowest BCUT2D eigenvalue weighted by molar-refractivity contribution is -0.137. The van der Waals surface area contributed by atoms with Gasteiger partial charge in [0.15, 0.2) is 0 Å².